The van der Waals surface area contributed by atoms with Crippen LogP contribution >= 0.6 is 0 Å². The summed E-state index contributed by atoms with van der Waals surface area (Å²) in [5.74, 6) is 0.121. The molecule has 2 heterocycles. The van der Waals surface area contributed by atoms with Crippen LogP contribution in [0.5, 0.6) is 0 Å². The fourth-order valence-corrected chi connectivity index (χ4v) is 7.04. The number of aliphatic hydroxyl groups excluding tert-OH is 1. The molecule has 1 aromatic rings. The van der Waals surface area contributed by atoms with Gasteiger partial charge in [0.2, 0.25) is 10.0 Å². The van der Waals surface area contributed by atoms with Crippen LogP contribution in [0.1, 0.15) is 31.7 Å². The van der Waals surface area contributed by atoms with Crippen molar-refractivity contribution in [2.24, 2.45) is 0 Å². The van der Waals surface area contributed by atoms with Gasteiger partial charge in [0.1, 0.15) is 0 Å². The maximum Gasteiger partial charge on any atom is 0.243 e. The van der Waals surface area contributed by atoms with Gasteiger partial charge in [0, 0.05) is 26.2 Å². The summed E-state index contributed by atoms with van der Waals surface area (Å²) < 4.78 is 50.6. The van der Waals surface area contributed by atoms with Crippen LogP contribution < -0.4 is 0 Å². The molecule has 2 aliphatic rings. The zero-order chi connectivity index (χ0) is 19.8. The first-order valence-corrected chi connectivity index (χ1v) is 12.6. The second-order valence-corrected chi connectivity index (χ2v) is 11.6. The Morgan fingerprint density at radius 3 is 2.19 bits per heavy atom. The van der Waals surface area contributed by atoms with Gasteiger partial charge in [-0.25, -0.2) is 16.8 Å². The summed E-state index contributed by atoms with van der Waals surface area (Å²) in [6, 6.07) is 6.64. The Morgan fingerprint density at radius 2 is 1.70 bits per heavy atom. The molecule has 9 heteroatoms. The Morgan fingerprint density at radius 1 is 1.11 bits per heavy atom. The molecule has 0 amide bonds. The van der Waals surface area contributed by atoms with Crippen molar-refractivity contribution < 1.29 is 21.9 Å². The smallest absolute Gasteiger partial charge is 0.243 e. The molecular weight excluding hydrogens is 388 g/mol. The number of sulfone groups is 1. The molecule has 0 aliphatic carbocycles. The Kier molecular flexibility index (Phi) is 5.98. The van der Waals surface area contributed by atoms with Crippen LogP contribution in [-0.4, -0.2) is 81.0 Å². The number of rotatable bonds is 5. The minimum absolute atomic E-state index is 0.0575. The third kappa shape index (κ3) is 4.37. The van der Waals surface area contributed by atoms with Crippen LogP contribution in [0.3, 0.4) is 0 Å². The molecule has 152 valence electrons. The van der Waals surface area contributed by atoms with Gasteiger partial charge in [-0.15, -0.1) is 0 Å². The predicted molar refractivity (Wildman–Crippen MR) is 104 cm³/mol. The highest BCUT2D eigenvalue weighted by molar-refractivity contribution is 7.91. The van der Waals surface area contributed by atoms with Gasteiger partial charge in [0.25, 0.3) is 0 Å². The lowest BCUT2D eigenvalue weighted by Crippen LogP contribution is -2.54. The molecule has 27 heavy (non-hydrogen) atoms. The van der Waals surface area contributed by atoms with E-state index >= 15 is 0 Å². The van der Waals surface area contributed by atoms with Crippen LogP contribution in [0.2, 0.25) is 0 Å². The minimum Gasteiger partial charge on any atom is -0.390 e. The van der Waals surface area contributed by atoms with Crippen LogP contribution in [0, 0.1) is 0 Å². The Labute approximate surface area is 161 Å². The standard InChI is InChI=1S/C18H28N2O5S2/c1-3-14(2)15-4-6-16(7-5-15)27(24,25)20-10-8-19(9-11-20)17-12-26(22,23)13-18(17)21/h4-7,14,17-18,21H,3,8-13H2,1-2H3/t14-,17-,18+/m1/s1. The van der Waals surface area contributed by atoms with E-state index in [2.05, 4.69) is 13.8 Å². The zero-order valence-electron chi connectivity index (χ0n) is 15.8. The van der Waals surface area contributed by atoms with Gasteiger partial charge < -0.3 is 5.11 Å². The molecule has 0 unspecified atom stereocenters. The van der Waals surface area contributed by atoms with Crippen molar-refractivity contribution in [1.82, 2.24) is 9.21 Å². The van der Waals surface area contributed by atoms with E-state index < -0.39 is 32.0 Å². The number of piperazine rings is 1. The van der Waals surface area contributed by atoms with E-state index in [9.17, 15) is 21.9 Å². The van der Waals surface area contributed by atoms with Crippen molar-refractivity contribution in [1.29, 1.82) is 0 Å². The molecule has 3 atom stereocenters. The summed E-state index contributed by atoms with van der Waals surface area (Å²) in [5.41, 5.74) is 1.12. The summed E-state index contributed by atoms with van der Waals surface area (Å²) in [6.07, 6.45) is 0.0998. The zero-order valence-corrected chi connectivity index (χ0v) is 17.4. The van der Waals surface area contributed by atoms with Crippen molar-refractivity contribution in [3.05, 3.63) is 29.8 Å². The average Bonchev–Trinajstić information content (AvgIpc) is 2.93. The van der Waals surface area contributed by atoms with Gasteiger partial charge >= 0.3 is 0 Å². The Bertz CT molecular complexity index is 860. The van der Waals surface area contributed by atoms with Gasteiger partial charge in [-0.2, -0.15) is 4.31 Å². The van der Waals surface area contributed by atoms with Gasteiger partial charge in [-0.3, -0.25) is 4.90 Å². The summed E-state index contributed by atoms with van der Waals surface area (Å²) in [7, 11) is -6.78. The van der Waals surface area contributed by atoms with E-state index in [1.54, 1.807) is 12.1 Å². The van der Waals surface area contributed by atoms with E-state index in [0.29, 0.717) is 32.1 Å². The minimum atomic E-state index is -3.57. The fourth-order valence-electron chi connectivity index (χ4n) is 3.79. The lowest BCUT2D eigenvalue weighted by molar-refractivity contribution is 0.0618. The first-order valence-electron chi connectivity index (χ1n) is 9.36. The molecule has 0 saturated carbocycles. The second kappa shape index (κ2) is 7.79. The molecular formula is C18H28N2O5S2. The van der Waals surface area contributed by atoms with E-state index in [4.69, 9.17) is 0 Å². The molecule has 0 aromatic heterocycles. The quantitative estimate of drug-likeness (QED) is 0.758. The van der Waals surface area contributed by atoms with Gasteiger partial charge in [0.05, 0.1) is 28.5 Å². The van der Waals surface area contributed by atoms with Gasteiger partial charge in [0.15, 0.2) is 9.84 Å². The van der Waals surface area contributed by atoms with Crippen molar-refractivity contribution in [2.45, 2.75) is 43.2 Å². The van der Waals surface area contributed by atoms with Crippen LogP contribution in [-0.2, 0) is 19.9 Å². The molecule has 3 rings (SSSR count). The number of hydrogen-bond acceptors (Lipinski definition) is 6. The monoisotopic (exact) mass is 416 g/mol. The SMILES string of the molecule is CC[C@@H](C)c1ccc(S(=O)(=O)N2CCN([C@@H]3CS(=O)(=O)C[C@@H]3O)CC2)cc1. The summed E-state index contributed by atoms with van der Waals surface area (Å²) in [4.78, 5) is 2.18. The summed E-state index contributed by atoms with van der Waals surface area (Å²) in [5, 5.41) is 10.0. The van der Waals surface area contributed by atoms with Crippen molar-refractivity contribution in [2.75, 3.05) is 37.7 Å². The molecule has 1 aromatic carbocycles. The average molecular weight is 417 g/mol. The highest BCUT2D eigenvalue weighted by Gasteiger charge is 2.41. The molecule has 0 bridgehead atoms. The lowest BCUT2D eigenvalue weighted by Gasteiger charge is -2.37. The maximum atomic E-state index is 12.9. The Hall–Kier alpha value is -1.00. The van der Waals surface area contributed by atoms with Gasteiger partial charge in [-0.05, 0) is 30.0 Å². The molecule has 1 N–H and O–H groups in total. The normalized spacial score (nSPS) is 28.3. The van der Waals surface area contributed by atoms with E-state index in [1.807, 2.05) is 17.0 Å². The second-order valence-electron chi connectivity index (χ2n) is 7.53. The highest BCUT2D eigenvalue weighted by atomic mass is 32.2. The Balaban J connectivity index is 1.66. The number of nitrogens with zero attached hydrogens (tertiary/aromatic N) is 2. The van der Waals surface area contributed by atoms with Crippen LogP contribution in [0.15, 0.2) is 29.2 Å². The summed E-state index contributed by atoms with van der Waals surface area (Å²) >= 11 is 0. The molecule has 2 saturated heterocycles. The van der Waals surface area contributed by atoms with Crippen LogP contribution in [0.25, 0.3) is 0 Å². The van der Waals surface area contributed by atoms with Crippen molar-refractivity contribution in [3.63, 3.8) is 0 Å². The third-order valence-corrected chi connectivity index (χ3v) is 9.35. The number of benzene rings is 1. The molecule has 2 fully saturated rings. The summed E-state index contributed by atoms with van der Waals surface area (Å²) in [6.45, 7) is 5.63. The lowest BCUT2D eigenvalue weighted by atomic mass is 9.99. The maximum absolute atomic E-state index is 12.9. The van der Waals surface area contributed by atoms with Crippen molar-refractivity contribution in [3.8, 4) is 0 Å². The molecule has 0 radical (unpaired) electrons. The molecule has 2 aliphatic heterocycles. The van der Waals surface area contributed by atoms with Crippen molar-refractivity contribution >= 4 is 19.9 Å². The third-order valence-electron chi connectivity index (χ3n) is 5.74. The predicted octanol–water partition coefficient (Wildman–Crippen LogP) is 0.664. The van der Waals surface area contributed by atoms with Gasteiger partial charge in [-0.1, -0.05) is 26.0 Å². The first kappa shape index (κ1) is 20.7. The van der Waals surface area contributed by atoms with E-state index in [1.165, 1.54) is 4.31 Å². The first-order chi connectivity index (χ1) is 12.6. The molecule has 7 nitrogen and oxygen atoms in total. The topological polar surface area (TPSA) is 95.0 Å². The van der Waals surface area contributed by atoms with Crippen LogP contribution in [0.4, 0.5) is 0 Å². The largest absolute Gasteiger partial charge is 0.390 e. The van der Waals surface area contributed by atoms with E-state index in [0.717, 1.165) is 12.0 Å². The number of sulfonamides is 1. The van der Waals surface area contributed by atoms with E-state index in [-0.39, 0.29) is 16.4 Å². The number of aliphatic hydroxyl groups is 1. The molecule has 0 spiro atoms. The fraction of sp³-hybridized carbons (Fsp3) is 0.667. The highest BCUT2D eigenvalue weighted by Crippen LogP contribution is 2.25. The number of hydrogen-bond donors (Lipinski definition) is 1.